The monoisotopic (exact) mass is 251 g/mol. The van der Waals surface area contributed by atoms with E-state index in [1.165, 1.54) is 12.3 Å². The number of urea groups is 1. The van der Waals surface area contributed by atoms with Gasteiger partial charge in [0.2, 0.25) is 0 Å². The van der Waals surface area contributed by atoms with Crippen molar-refractivity contribution in [2.45, 2.75) is 0 Å². The van der Waals surface area contributed by atoms with E-state index in [9.17, 15) is 9.59 Å². The zero-order valence-corrected chi connectivity index (χ0v) is 9.63. The molecule has 0 saturated carbocycles. The number of pyridine rings is 1. The van der Waals surface area contributed by atoms with Crippen LogP contribution in [0.15, 0.2) is 18.3 Å². The van der Waals surface area contributed by atoms with E-state index < -0.39 is 5.97 Å². The van der Waals surface area contributed by atoms with Gasteiger partial charge < -0.3 is 20.1 Å². The molecule has 1 saturated heterocycles. The van der Waals surface area contributed by atoms with Crippen LogP contribution in [-0.2, 0) is 4.74 Å². The van der Waals surface area contributed by atoms with Gasteiger partial charge in [-0.1, -0.05) is 0 Å². The zero-order valence-electron chi connectivity index (χ0n) is 9.63. The predicted molar refractivity (Wildman–Crippen MR) is 62.6 cm³/mol. The minimum Gasteiger partial charge on any atom is -0.477 e. The molecule has 1 aromatic rings. The number of carbonyl (C=O) groups is 2. The van der Waals surface area contributed by atoms with E-state index in [2.05, 4.69) is 10.3 Å². The quantitative estimate of drug-likeness (QED) is 0.805. The molecule has 0 spiro atoms. The Morgan fingerprint density at radius 1 is 1.39 bits per heavy atom. The van der Waals surface area contributed by atoms with E-state index in [4.69, 9.17) is 9.84 Å². The summed E-state index contributed by atoms with van der Waals surface area (Å²) in [7, 11) is 0. The van der Waals surface area contributed by atoms with Crippen molar-refractivity contribution in [3.8, 4) is 0 Å². The van der Waals surface area contributed by atoms with Gasteiger partial charge in [0.15, 0.2) is 0 Å². The number of carboxylic acids is 1. The van der Waals surface area contributed by atoms with E-state index in [0.717, 1.165) is 0 Å². The smallest absolute Gasteiger partial charge is 0.354 e. The SMILES string of the molecule is O=C(O)c1cc(NC(=O)N2CCOCC2)ccn1. The highest BCUT2D eigenvalue weighted by Crippen LogP contribution is 2.09. The lowest BCUT2D eigenvalue weighted by atomic mass is 10.3. The van der Waals surface area contributed by atoms with Gasteiger partial charge in [-0.25, -0.2) is 14.6 Å². The number of nitrogens with zero attached hydrogens (tertiary/aromatic N) is 2. The van der Waals surface area contributed by atoms with Crippen LogP contribution < -0.4 is 5.32 Å². The Labute approximate surface area is 103 Å². The lowest BCUT2D eigenvalue weighted by Gasteiger charge is -2.26. The fraction of sp³-hybridized carbons (Fsp3) is 0.364. The molecule has 0 radical (unpaired) electrons. The summed E-state index contributed by atoms with van der Waals surface area (Å²) in [5, 5.41) is 11.4. The molecule has 1 aliphatic heterocycles. The van der Waals surface area contributed by atoms with Crippen molar-refractivity contribution in [2.24, 2.45) is 0 Å². The predicted octanol–water partition coefficient (Wildman–Crippen LogP) is 0.644. The molecule has 2 rings (SSSR count). The number of amides is 2. The molecule has 2 amide bonds. The lowest BCUT2D eigenvalue weighted by Crippen LogP contribution is -2.43. The van der Waals surface area contributed by atoms with Crippen LogP contribution >= 0.6 is 0 Å². The molecule has 0 bridgehead atoms. The van der Waals surface area contributed by atoms with Gasteiger partial charge in [-0.15, -0.1) is 0 Å². The number of aromatic nitrogens is 1. The Morgan fingerprint density at radius 3 is 2.78 bits per heavy atom. The molecule has 0 atom stereocenters. The van der Waals surface area contributed by atoms with Crippen LogP contribution in [0.2, 0.25) is 0 Å². The molecule has 1 aliphatic rings. The van der Waals surface area contributed by atoms with Crippen molar-refractivity contribution in [1.82, 2.24) is 9.88 Å². The molecule has 7 heteroatoms. The van der Waals surface area contributed by atoms with E-state index >= 15 is 0 Å². The first kappa shape index (κ1) is 12.3. The summed E-state index contributed by atoms with van der Waals surface area (Å²) in [6.07, 6.45) is 1.35. The molecule has 0 unspecified atom stereocenters. The molecule has 1 fully saturated rings. The third-order valence-electron chi connectivity index (χ3n) is 2.53. The standard InChI is InChI=1S/C11H13N3O4/c15-10(16)9-7-8(1-2-12-9)13-11(17)14-3-5-18-6-4-14/h1-2,7H,3-6H2,(H,15,16)(H,12,13,17). The molecule has 0 aromatic carbocycles. The maximum absolute atomic E-state index is 11.8. The van der Waals surface area contributed by atoms with Gasteiger partial charge in [0.25, 0.3) is 0 Å². The molecule has 0 aliphatic carbocycles. The molecular formula is C11H13N3O4. The largest absolute Gasteiger partial charge is 0.477 e. The topological polar surface area (TPSA) is 91.8 Å². The highest BCUT2D eigenvalue weighted by Gasteiger charge is 2.17. The third kappa shape index (κ3) is 2.95. The van der Waals surface area contributed by atoms with Crippen molar-refractivity contribution in [2.75, 3.05) is 31.6 Å². The number of carbonyl (C=O) groups excluding carboxylic acids is 1. The van der Waals surface area contributed by atoms with Gasteiger partial charge in [0.1, 0.15) is 5.69 Å². The number of hydrogen-bond donors (Lipinski definition) is 2. The maximum Gasteiger partial charge on any atom is 0.354 e. The summed E-state index contributed by atoms with van der Waals surface area (Å²) in [5.41, 5.74) is 0.314. The molecule has 96 valence electrons. The summed E-state index contributed by atoms with van der Waals surface area (Å²) in [4.78, 5) is 27.9. The Balaban J connectivity index is 2.02. The van der Waals surface area contributed by atoms with Crippen molar-refractivity contribution in [3.05, 3.63) is 24.0 Å². The number of aromatic carboxylic acids is 1. The molecule has 18 heavy (non-hydrogen) atoms. The van der Waals surface area contributed by atoms with Gasteiger partial charge in [0, 0.05) is 25.0 Å². The maximum atomic E-state index is 11.8. The summed E-state index contributed by atoms with van der Waals surface area (Å²) < 4.78 is 5.14. The fourth-order valence-electron chi connectivity index (χ4n) is 1.59. The minimum absolute atomic E-state index is 0.102. The average molecular weight is 251 g/mol. The van der Waals surface area contributed by atoms with Crippen LogP contribution in [0.3, 0.4) is 0 Å². The number of rotatable bonds is 2. The Morgan fingerprint density at radius 2 is 2.11 bits per heavy atom. The molecular weight excluding hydrogens is 238 g/mol. The Bertz CT molecular complexity index is 457. The van der Waals surface area contributed by atoms with Crippen molar-refractivity contribution in [3.63, 3.8) is 0 Å². The number of hydrogen-bond acceptors (Lipinski definition) is 4. The van der Waals surface area contributed by atoms with E-state index in [1.807, 2.05) is 0 Å². The van der Waals surface area contributed by atoms with Crippen LogP contribution in [0.5, 0.6) is 0 Å². The first-order valence-corrected chi connectivity index (χ1v) is 5.50. The van der Waals surface area contributed by atoms with Crippen LogP contribution in [0.4, 0.5) is 10.5 Å². The van der Waals surface area contributed by atoms with Crippen LogP contribution in [0, 0.1) is 0 Å². The normalized spacial score (nSPS) is 15.2. The van der Waals surface area contributed by atoms with Crippen molar-refractivity contribution < 1.29 is 19.4 Å². The first-order valence-electron chi connectivity index (χ1n) is 5.50. The summed E-state index contributed by atoms with van der Waals surface area (Å²) >= 11 is 0. The van der Waals surface area contributed by atoms with Gasteiger partial charge in [-0.05, 0) is 12.1 Å². The highest BCUT2D eigenvalue weighted by molar-refractivity contribution is 5.92. The van der Waals surface area contributed by atoms with Gasteiger partial charge >= 0.3 is 12.0 Å². The van der Waals surface area contributed by atoms with E-state index in [-0.39, 0.29) is 11.7 Å². The average Bonchev–Trinajstić information content (AvgIpc) is 2.40. The summed E-state index contributed by atoms with van der Waals surface area (Å²) in [5.74, 6) is -1.13. The van der Waals surface area contributed by atoms with Crippen LogP contribution in [0.25, 0.3) is 0 Å². The minimum atomic E-state index is -1.13. The highest BCUT2D eigenvalue weighted by atomic mass is 16.5. The van der Waals surface area contributed by atoms with Crippen molar-refractivity contribution in [1.29, 1.82) is 0 Å². The molecule has 2 heterocycles. The second-order valence-corrected chi connectivity index (χ2v) is 3.76. The summed E-state index contributed by atoms with van der Waals surface area (Å²) in [6, 6.07) is 2.60. The summed E-state index contributed by atoms with van der Waals surface area (Å²) in [6.45, 7) is 2.10. The number of anilines is 1. The van der Waals surface area contributed by atoms with Gasteiger partial charge in [0.05, 0.1) is 13.2 Å². The van der Waals surface area contributed by atoms with Crippen molar-refractivity contribution >= 4 is 17.7 Å². The zero-order chi connectivity index (χ0) is 13.0. The number of nitrogens with one attached hydrogen (secondary N) is 1. The van der Waals surface area contributed by atoms with Gasteiger partial charge in [-0.3, -0.25) is 0 Å². The second kappa shape index (κ2) is 5.46. The number of carboxylic acid groups (broad SMARTS) is 1. The first-order chi connectivity index (χ1) is 8.66. The van der Waals surface area contributed by atoms with E-state index in [0.29, 0.717) is 32.0 Å². The fourth-order valence-corrected chi connectivity index (χ4v) is 1.59. The third-order valence-corrected chi connectivity index (χ3v) is 2.53. The van der Waals surface area contributed by atoms with Crippen LogP contribution in [-0.4, -0.2) is 53.3 Å². The molecule has 7 nitrogen and oxygen atoms in total. The van der Waals surface area contributed by atoms with Gasteiger partial charge in [-0.2, -0.15) is 0 Å². The van der Waals surface area contributed by atoms with Crippen LogP contribution in [0.1, 0.15) is 10.5 Å². The molecule has 1 aromatic heterocycles. The Hall–Kier alpha value is -2.15. The number of ether oxygens (including phenoxy) is 1. The number of morpholine rings is 1. The lowest BCUT2D eigenvalue weighted by molar-refractivity contribution is 0.0564. The Kier molecular flexibility index (Phi) is 3.73. The van der Waals surface area contributed by atoms with E-state index in [1.54, 1.807) is 11.0 Å². The second-order valence-electron chi connectivity index (χ2n) is 3.76. The molecule has 2 N–H and O–H groups in total.